The Morgan fingerprint density at radius 3 is 2.38 bits per heavy atom. The zero-order valence-electron chi connectivity index (χ0n) is 16.1. The van der Waals surface area contributed by atoms with E-state index >= 15 is 0 Å². The van der Waals surface area contributed by atoms with E-state index < -0.39 is 11.7 Å². The summed E-state index contributed by atoms with van der Waals surface area (Å²) in [6, 6.07) is 9.09. The minimum Gasteiger partial charge on any atom is -0.492 e. The van der Waals surface area contributed by atoms with Crippen LogP contribution >= 0.6 is 0 Å². The van der Waals surface area contributed by atoms with Crippen LogP contribution in [-0.4, -0.2) is 34.8 Å². The lowest BCUT2D eigenvalue weighted by atomic mass is 9.88. The molecule has 0 aromatic heterocycles. The first kappa shape index (κ1) is 20.1. The van der Waals surface area contributed by atoms with Gasteiger partial charge in [0.05, 0.1) is 12.2 Å². The third kappa shape index (κ3) is 5.16. The van der Waals surface area contributed by atoms with Crippen LogP contribution in [0.4, 0.5) is 0 Å². The minimum absolute atomic E-state index is 0.0581. The predicted molar refractivity (Wildman–Crippen MR) is 103 cm³/mol. The first-order valence-corrected chi connectivity index (χ1v) is 8.96. The first-order chi connectivity index (χ1) is 12.2. The van der Waals surface area contributed by atoms with Gasteiger partial charge in [0, 0.05) is 5.56 Å². The van der Waals surface area contributed by atoms with Crippen molar-refractivity contribution in [2.75, 3.05) is 0 Å². The fourth-order valence-corrected chi connectivity index (χ4v) is 2.67. The highest BCUT2D eigenvalue weighted by atomic mass is 16.5. The predicted octanol–water partition coefficient (Wildman–Crippen LogP) is 4.22. The molecule has 1 aromatic rings. The van der Waals surface area contributed by atoms with Gasteiger partial charge in [0.1, 0.15) is 17.5 Å². The van der Waals surface area contributed by atoms with Crippen molar-refractivity contribution in [3.63, 3.8) is 0 Å². The maximum absolute atomic E-state index is 12.3. The Balaban J connectivity index is 2.29. The summed E-state index contributed by atoms with van der Waals surface area (Å²) in [6.07, 6.45) is 6.13. The Hall–Kier alpha value is -2.17. The Morgan fingerprint density at radius 1 is 1.15 bits per heavy atom. The van der Waals surface area contributed by atoms with Gasteiger partial charge in [-0.1, -0.05) is 36.4 Å². The van der Waals surface area contributed by atoms with E-state index in [1.54, 1.807) is 31.2 Å². The molecule has 0 amide bonds. The number of rotatable bonds is 7. The summed E-state index contributed by atoms with van der Waals surface area (Å²) in [5.74, 6) is 0.359. The number of carbonyl (C=O) groups excluding carboxylic acids is 1. The first-order valence-electron chi connectivity index (χ1n) is 8.96. The molecule has 0 heterocycles. The van der Waals surface area contributed by atoms with Gasteiger partial charge in [-0.3, -0.25) is 4.79 Å². The van der Waals surface area contributed by atoms with Gasteiger partial charge >= 0.3 is 0 Å². The number of hydrogen-bond acceptors (Lipinski definition) is 4. The molecule has 1 N–H and O–H groups in total. The van der Waals surface area contributed by atoms with Gasteiger partial charge in [-0.2, -0.15) is 0 Å². The van der Waals surface area contributed by atoms with Crippen molar-refractivity contribution in [2.45, 2.75) is 58.5 Å². The van der Waals surface area contributed by atoms with Crippen molar-refractivity contribution >= 4 is 5.78 Å². The van der Waals surface area contributed by atoms with E-state index in [0.717, 1.165) is 5.57 Å². The Labute approximate surface area is 155 Å². The Morgan fingerprint density at radius 2 is 1.81 bits per heavy atom. The largest absolute Gasteiger partial charge is 0.492 e. The molecule has 4 heteroatoms. The Kier molecular flexibility index (Phi) is 6.57. The minimum atomic E-state index is -1.27. The van der Waals surface area contributed by atoms with Gasteiger partial charge in [0.15, 0.2) is 5.78 Å². The molecule has 0 aliphatic heterocycles. The van der Waals surface area contributed by atoms with Gasteiger partial charge < -0.3 is 14.6 Å². The topological polar surface area (TPSA) is 55.8 Å². The molecule has 1 aliphatic carbocycles. The van der Waals surface area contributed by atoms with Crippen LogP contribution in [0.2, 0.25) is 0 Å². The molecule has 0 radical (unpaired) electrons. The van der Waals surface area contributed by atoms with Crippen LogP contribution in [0.3, 0.4) is 0 Å². The molecular formula is C22H28O4. The highest BCUT2D eigenvalue weighted by Crippen LogP contribution is 2.33. The van der Waals surface area contributed by atoms with Crippen LogP contribution in [-0.2, 0) is 9.47 Å². The number of carbonyl (C=O) groups is 1. The fourth-order valence-electron chi connectivity index (χ4n) is 2.67. The molecule has 140 valence electrons. The van der Waals surface area contributed by atoms with Crippen LogP contribution in [0.25, 0.3) is 0 Å². The molecule has 2 atom stereocenters. The molecule has 26 heavy (non-hydrogen) atoms. The molecule has 0 fully saturated rings. The molecule has 0 saturated carbocycles. The zero-order chi connectivity index (χ0) is 19.3. The SMILES string of the molecule is CC(C)OC1=CC(C=CC(=O)c2ccccc2)=CC(OC(C)C)C1(C)O. The number of hydrogen-bond donors (Lipinski definition) is 1. The van der Waals surface area contributed by atoms with E-state index in [4.69, 9.17) is 9.47 Å². The van der Waals surface area contributed by atoms with E-state index in [2.05, 4.69) is 0 Å². The second kappa shape index (κ2) is 8.47. The molecule has 2 unspecified atom stereocenters. The molecule has 1 aromatic carbocycles. The van der Waals surface area contributed by atoms with Gasteiger partial charge in [0.25, 0.3) is 0 Å². The van der Waals surface area contributed by atoms with Crippen molar-refractivity contribution in [3.05, 3.63) is 71.5 Å². The highest BCUT2D eigenvalue weighted by Gasteiger charge is 2.40. The van der Waals surface area contributed by atoms with E-state index in [1.807, 2.05) is 52.0 Å². The Bertz CT molecular complexity index is 709. The molecular weight excluding hydrogens is 328 g/mol. The smallest absolute Gasteiger partial charge is 0.185 e. The van der Waals surface area contributed by atoms with Crippen LogP contribution in [0.1, 0.15) is 45.0 Å². The second-order valence-corrected chi connectivity index (χ2v) is 7.16. The number of benzene rings is 1. The third-order valence-corrected chi connectivity index (χ3v) is 3.96. The van der Waals surface area contributed by atoms with Gasteiger partial charge in [-0.15, -0.1) is 0 Å². The summed E-state index contributed by atoms with van der Waals surface area (Å²) in [5, 5.41) is 10.9. The van der Waals surface area contributed by atoms with E-state index in [9.17, 15) is 9.90 Å². The fraction of sp³-hybridized carbons (Fsp3) is 0.409. The van der Waals surface area contributed by atoms with Crippen molar-refractivity contribution in [3.8, 4) is 0 Å². The summed E-state index contributed by atoms with van der Waals surface area (Å²) in [4.78, 5) is 12.3. The average molecular weight is 356 g/mol. The zero-order valence-corrected chi connectivity index (χ0v) is 16.1. The quantitative estimate of drug-likeness (QED) is 0.587. The average Bonchev–Trinajstić information content (AvgIpc) is 2.56. The van der Waals surface area contributed by atoms with Crippen molar-refractivity contribution < 1.29 is 19.4 Å². The summed E-state index contributed by atoms with van der Waals surface area (Å²) in [7, 11) is 0. The van der Waals surface area contributed by atoms with Crippen LogP contribution < -0.4 is 0 Å². The lowest BCUT2D eigenvalue weighted by Gasteiger charge is -2.37. The number of ether oxygens (including phenoxy) is 2. The number of ketones is 1. The van der Waals surface area contributed by atoms with Crippen LogP contribution in [0.5, 0.6) is 0 Å². The van der Waals surface area contributed by atoms with E-state index in [1.165, 1.54) is 6.08 Å². The van der Waals surface area contributed by atoms with E-state index in [0.29, 0.717) is 11.3 Å². The summed E-state index contributed by atoms with van der Waals surface area (Å²) < 4.78 is 11.7. The molecule has 0 spiro atoms. The molecule has 0 bridgehead atoms. The molecule has 1 aliphatic rings. The summed E-state index contributed by atoms with van der Waals surface area (Å²) >= 11 is 0. The monoisotopic (exact) mass is 356 g/mol. The normalized spacial score (nSPS) is 23.3. The lowest BCUT2D eigenvalue weighted by Crippen LogP contribution is -2.46. The molecule has 4 nitrogen and oxygen atoms in total. The highest BCUT2D eigenvalue weighted by molar-refractivity contribution is 6.04. The number of allylic oxidation sites excluding steroid dienone is 4. The maximum Gasteiger partial charge on any atom is 0.185 e. The van der Waals surface area contributed by atoms with Crippen molar-refractivity contribution in [1.82, 2.24) is 0 Å². The van der Waals surface area contributed by atoms with Gasteiger partial charge in [-0.25, -0.2) is 0 Å². The lowest BCUT2D eigenvalue weighted by molar-refractivity contribution is -0.105. The second-order valence-electron chi connectivity index (χ2n) is 7.16. The van der Waals surface area contributed by atoms with E-state index in [-0.39, 0.29) is 18.0 Å². The molecule has 2 rings (SSSR count). The summed E-state index contributed by atoms with van der Waals surface area (Å²) in [5.41, 5.74) is 0.127. The van der Waals surface area contributed by atoms with Gasteiger partial charge in [0.2, 0.25) is 0 Å². The summed E-state index contributed by atoms with van der Waals surface area (Å²) in [6.45, 7) is 9.32. The van der Waals surface area contributed by atoms with Crippen LogP contribution in [0, 0.1) is 0 Å². The van der Waals surface area contributed by atoms with Gasteiger partial charge in [-0.05, 0) is 58.4 Å². The van der Waals surface area contributed by atoms with Crippen LogP contribution in [0.15, 0.2) is 66.0 Å². The third-order valence-electron chi connectivity index (χ3n) is 3.96. The molecule has 0 saturated heterocycles. The number of aliphatic hydroxyl groups is 1. The van der Waals surface area contributed by atoms with Crippen molar-refractivity contribution in [1.29, 1.82) is 0 Å². The van der Waals surface area contributed by atoms with Crippen molar-refractivity contribution in [2.24, 2.45) is 0 Å². The maximum atomic E-state index is 12.3. The standard InChI is InChI=1S/C22H28O4/c1-15(2)25-20-13-17(14-21(22(20,5)24)26-16(3)4)11-12-19(23)18-9-7-6-8-10-18/h6-16,20,24H,1-5H3.